The van der Waals surface area contributed by atoms with Gasteiger partial charge in [-0.1, -0.05) is 11.6 Å². The molecule has 4 nitrogen and oxygen atoms in total. The van der Waals surface area contributed by atoms with Crippen molar-refractivity contribution in [1.82, 2.24) is 4.31 Å². The Morgan fingerprint density at radius 1 is 1.50 bits per heavy atom. The summed E-state index contributed by atoms with van der Waals surface area (Å²) in [6, 6.07) is 4.56. The molecule has 0 spiro atoms. The second-order valence-corrected chi connectivity index (χ2v) is 7.53. The van der Waals surface area contributed by atoms with Gasteiger partial charge in [0, 0.05) is 25.3 Å². The molecule has 1 N–H and O–H groups in total. The number of hydrogen-bond donors (Lipinski definition) is 1. The van der Waals surface area contributed by atoms with Crippen molar-refractivity contribution in [3.05, 3.63) is 29.0 Å². The van der Waals surface area contributed by atoms with E-state index in [9.17, 15) is 12.8 Å². The highest BCUT2D eigenvalue weighted by Crippen LogP contribution is 2.21. The zero-order chi connectivity index (χ0) is 14.8. The van der Waals surface area contributed by atoms with Crippen LogP contribution < -0.4 is 5.32 Å². The first-order valence-electron chi connectivity index (χ1n) is 6.50. The van der Waals surface area contributed by atoms with Gasteiger partial charge in [0.2, 0.25) is 10.0 Å². The molecule has 1 aromatic carbocycles. The van der Waals surface area contributed by atoms with Gasteiger partial charge in [0.15, 0.2) is 0 Å². The third-order valence-electron chi connectivity index (χ3n) is 3.47. The fourth-order valence-corrected chi connectivity index (χ4v) is 3.42. The van der Waals surface area contributed by atoms with Gasteiger partial charge in [-0.3, -0.25) is 0 Å². The fourth-order valence-electron chi connectivity index (χ4n) is 2.36. The number of halogens is 2. The molecular formula is C13H18ClFN2O2S. The Hall–Kier alpha value is -0.850. The number of hydrogen-bond acceptors (Lipinski definition) is 3. The molecule has 2 rings (SSSR count). The second-order valence-electron chi connectivity index (χ2n) is 5.14. The van der Waals surface area contributed by atoms with E-state index in [1.165, 1.54) is 22.7 Å². The number of sulfonamides is 1. The molecule has 1 atom stereocenters. The van der Waals surface area contributed by atoms with Crippen molar-refractivity contribution in [3.8, 4) is 0 Å². The average molecular weight is 321 g/mol. The summed E-state index contributed by atoms with van der Waals surface area (Å²) in [5.41, 5.74) is 0.656. The monoisotopic (exact) mass is 320 g/mol. The minimum absolute atomic E-state index is 0.0940. The molecule has 1 saturated heterocycles. The predicted molar refractivity (Wildman–Crippen MR) is 79.0 cm³/mol. The van der Waals surface area contributed by atoms with E-state index in [-0.39, 0.29) is 10.9 Å². The predicted octanol–water partition coefficient (Wildman–Crippen LogP) is 2.56. The van der Waals surface area contributed by atoms with Crippen LogP contribution in [0.1, 0.15) is 12.8 Å². The fraction of sp³-hybridized carbons (Fsp3) is 0.538. The molecule has 0 radical (unpaired) electrons. The van der Waals surface area contributed by atoms with Crippen molar-refractivity contribution >= 4 is 27.3 Å². The summed E-state index contributed by atoms with van der Waals surface area (Å²) >= 11 is 5.62. The van der Waals surface area contributed by atoms with Gasteiger partial charge < -0.3 is 5.32 Å². The normalized spacial score (nSPS) is 20.9. The molecular weight excluding hydrogens is 303 g/mol. The van der Waals surface area contributed by atoms with Crippen LogP contribution in [-0.4, -0.2) is 38.6 Å². The molecule has 0 aromatic heterocycles. The molecule has 1 heterocycles. The minimum atomic E-state index is -3.13. The Balaban J connectivity index is 1.92. The van der Waals surface area contributed by atoms with Gasteiger partial charge in [-0.25, -0.2) is 17.1 Å². The van der Waals surface area contributed by atoms with Gasteiger partial charge in [-0.05, 0) is 37.0 Å². The first kappa shape index (κ1) is 15.5. The van der Waals surface area contributed by atoms with Crippen LogP contribution in [0.15, 0.2) is 18.2 Å². The number of benzene rings is 1. The highest BCUT2D eigenvalue weighted by molar-refractivity contribution is 7.88. The van der Waals surface area contributed by atoms with Crippen molar-refractivity contribution in [3.63, 3.8) is 0 Å². The third-order valence-corrected chi connectivity index (χ3v) is 5.04. The molecule has 1 aromatic rings. The number of anilines is 1. The molecule has 0 aliphatic carbocycles. The molecule has 20 heavy (non-hydrogen) atoms. The van der Waals surface area contributed by atoms with E-state index in [0.717, 1.165) is 12.8 Å². The van der Waals surface area contributed by atoms with Gasteiger partial charge in [0.05, 0.1) is 11.3 Å². The molecule has 7 heteroatoms. The summed E-state index contributed by atoms with van der Waals surface area (Å²) in [7, 11) is -3.13. The first-order valence-corrected chi connectivity index (χ1v) is 8.73. The molecule has 1 fully saturated rings. The van der Waals surface area contributed by atoms with Crippen LogP contribution in [0.4, 0.5) is 10.1 Å². The van der Waals surface area contributed by atoms with E-state index in [1.54, 1.807) is 6.07 Å². The maximum absolute atomic E-state index is 13.3. The van der Waals surface area contributed by atoms with Gasteiger partial charge in [-0.2, -0.15) is 0 Å². The zero-order valence-corrected chi connectivity index (χ0v) is 12.8. The van der Waals surface area contributed by atoms with Crippen LogP contribution in [-0.2, 0) is 10.0 Å². The quantitative estimate of drug-likeness (QED) is 0.927. The van der Waals surface area contributed by atoms with E-state index < -0.39 is 15.8 Å². The van der Waals surface area contributed by atoms with Crippen LogP contribution in [0.3, 0.4) is 0 Å². The summed E-state index contributed by atoms with van der Waals surface area (Å²) in [5, 5.41) is 3.23. The maximum Gasteiger partial charge on any atom is 0.211 e. The summed E-state index contributed by atoms with van der Waals surface area (Å²) in [5.74, 6) is -0.227. The lowest BCUT2D eigenvalue weighted by molar-refractivity contribution is 0.277. The lowest BCUT2D eigenvalue weighted by Crippen LogP contribution is -2.41. The van der Waals surface area contributed by atoms with E-state index >= 15 is 0 Å². The van der Waals surface area contributed by atoms with Crippen LogP contribution in [0.2, 0.25) is 5.02 Å². The van der Waals surface area contributed by atoms with Crippen LogP contribution in [0, 0.1) is 11.7 Å². The standard InChI is InChI=1S/C13H18ClFN2O2S/c1-20(18,19)17-6-2-3-10(9-17)8-16-11-4-5-12(14)13(15)7-11/h4-5,7,10,16H,2-3,6,8-9H2,1H3. The van der Waals surface area contributed by atoms with Gasteiger partial charge >= 0.3 is 0 Å². The molecule has 1 aliphatic heterocycles. The van der Waals surface area contributed by atoms with Crippen LogP contribution in [0.25, 0.3) is 0 Å². The van der Waals surface area contributed by atoms with E-state index in [0.29, 0.717) is 25.3 Å². The third kappa shape index (κ3) is 4.07. The van der Waals surface area contributed by atoms with Gasteiger partial charge in [0.1, 0.15) is 5.82 Å². The molecule has 0 saturated carbocycles. The largest absolute Gasteiger partial charge is 0.385 e. The Labute approximate surface area is 124 Å². The van der Waals surface area contributed by atoms with Crippen LogP contribution >= 0.6 is 11.6 Å². The van der Waals surface area contributed by atoms with E-state index in [4.69, 9.17) is 11.6 Å². The summed E-state index contributed by atoms with van der Waals surface area (Å²) < 4.78 is 37.9. The van der Waals surface area contributed by atoms with E-state index in [1.807, 2.05) is 0 Å². The molecule has 1 unspecified atom stereocenters. The number of piperidine rings is 1. The number of nitrogens with zero attached hydrogens (tertiary/aromatic N) is 1. The highest BCUT2D eigenvalue weighted by Gasteiger charge is 2.25. The topological polar surface area (TPSA) is 49.4 Å². The summed E-state index contributed by atoms with van der Waals surface area (Å²) in [6.45, 7) is 1.72. The van der Waals surface area contributed by atoms with Crippen molar-refractivity contribution in [2.75, 3.05) is 31.2 Å². The highest BCUT2D eigenvalue weighted by atomic mass is 35.5. The Morgan fingerprint density at radius 2 is 2.25 bits per heavy atom. The van der Waals surface area contributed by atoms with Crippen molar-refractivity contribution in [2.24, 2.45) is 5.92 Å². The average Bonchev–Trinajstić information content (AvgIpc) is 2.39. The lowest BCUT2D eigenvalue weighted by atomic mass is 9.99. The Bertz CT molecular complexity index is 580. The van der Waals surface area contributed by atoms with Crippen molar-refractivity contribution in [1.29, 1.82) is 0 Å². The smallest absolute Gasteiger partial charge is 0.211 e. The summed E-state index contributed by atoms with van der Waals surface area (Å²) in [6.07, 6.45) is 3.06. The Kier molecular flexibility index (Phi) is 4.88. The molecule has 1 aliphatic rings. The lowest BCUT2D eigenvalue weighted by Gasteiger charge is -2.31. The first-order chi connectivity index (χ1) is 9.36. The van der Waals surface area contributed by atoms with Crippen LogP contribution in [0.5, 0.6) is 0 Å². The molecule has 112 valence electrons. The van der Waals surface area contributed by atoms with Gasteiger partial charge in [0.25, 0.3) is 0 Å². The summed E-state index contributed by atoms with van der Waals surface area (Å²) in [4.78, 5) is 0. The number of nitrogens with one attached hydrogen (secondary N) is 1. The number of rotatable bonds is 4. The SMILES string of the molecule is CS(=O)(=O)N1CCCC(CNc2ccc(Cl)c(F)c2)C1. The molecule has 0 bridgehead atoms. The van der Waals surface area contributed by atoms with Crippen molar-refractivity contribution < 1.29 is 12.8 Å². The molecule has 0 amide bonds. The van der Waals surface area contributed by atoms with Gasteiger partial charge in [-0.15, -0.1) is 0 Å². The zero-order valence-electron chi connectivity index (χ0n) is 11.3. The maximum atomic E-state index is 13.3. The minimum Gasteiger partial charge on any atom is -0.385 e. The van der Waals surface area contributed by atoms with Crippen molar-refractivity contribution in [2.45, 2.75) is 12.8 Å². The van der Waals surface area contributed by atoms with E-state index in [2.05, 4.69) is 5.32 Å². The Morgan fingerprint density at radius 3 is 2.90 bits per heavy atom. The second kappa shape index (κ2) is 6.28.